The summed E-state index contributed by atoms with van der Waals surface area (Å²) in [5.74, 6) is 0. The first kappa shape index (κ1) is 14.9. The van der Waals surface area contributed by atoms with Crippen LogP contribution >= 0.6 is 0 Å². The van der Waals surface area contributed by atoms with Crippen LogP contribution in [0.1, 0.15) is 52.9 Å². The fourth-order valence-electron chi connectivity index (χ4n) is 1.33. The Hall–Kier alpha value is -0.0800. The standard InChI is InChI=1S/C13H27O2/c1-5-8-10-14-13(7-3)11-15-12(4)9-6-2/h12-13H,4-11H2,1-3H3. The molecule has 0 bridgehead atoms. The summed E-state index contributed by atoms with van der Waals surface area (Å²) in [6.07, 6.45) is 5.87. The third-order valence-corrected chi connectivity index (χ3v) is 2.44. The Morgan fingerprint density at radius 2 is 1.80 bits per heavy atom. The van der Waals surface area contributed by atoms with E-state index in [1.165, 1.54) is 6.42 Å². The van der Waals surface area contributed by atoms with Gasteiger partial charge < -0.3 is 9.47 Å². The van der Waals surface area contributed by atoms with Crippen molar-refractivity contribution in [2.45, 2.75) is 65.1 Å². The molecule has 2 atom stereocenters. The van der Waals surface area contributed by atoms with Crippen LogP contribution < -0.4 is 0 Å². The molecule has 0 spiro atoms. The fraction of sp³-hybridized carbons (Fsp3) is 0.923. The molecule has 0 aromatic heterocycles. The Morgan fingerprint density at radius 1 is 1.07 bits per heavy atom. The third kappa shape index (κ3) is 8.88. The topological polar surface area (TPSA) is 18.5 Å². The molecule has 0 saturated heterocycles. The predicted octanol–water partition coefficient (Wildman–Crippen LogP) is 3.60. The van der Waals surface area contributed by atoms with Crippen LogP contribution in [0.25, 0.3) is 0 Å². The van der Waals surface area contributed by atoms with E-state index < -0.39 is 0 Å². The lowest BCUT2D eigenvalue weighted by Crippen LogP contribution is -2.23. The van der Waals surface area contributed by atoms with Gasteiger partial charge in [-0.05, 0) is 26.2 Å². The monoisotopic (exact) mass is 215 g/mol. The lowest BCUT2D eigenvalue weighted by atomic mass is 10.2. The first-order valence-corrected chi connectivity index (χ1v) is 6.30. The molecule has 2 nitrogen and oxygen atoms in total. The molecule has 91 valence electrons. The van der Waals surface area contributed by atoms with Crippen molar-refractivity contribution in [3.63, 3.8) is 0 Å². The second-order valence-electron chi connectivity index (χ2n) is 4.00. The smallest absolute Gasteiger partial charge is 0.0806 e. The highest BCUT2D eigenvalue weighted by atomic mass is 16.5. The number of hydrogen-bond acceptors (Lipinski definition) is 2. The summed E-state index contributed by atoms with van der Waals surface area (Å²) in [6.45, 7) is 12.0. The van der Waals surface area contributed by atoms with E-state index in [4.69, 9.17) is 9.47 Å². The van der Waals surface area contributed by atoms with Crippen LogP contribution in [0.3, 0.4) is 0 Å². The van der Waals surface area contributed by atoms with E-state index in [1.807, 2.05) is 0 Å². The average molecular weight is 215 g/mol. The quantitative estimate of drug-likeness (QED) is 0.518. The van der Waals surface area contributed by atoms with Crippen LogP contribution in [0.15, 0.2) is 0 Å². The van der Waals surface area contributed by atoms with Gasteiger partial charge in [0.1, 0.15) is 0 Å². The number of rotatable bonds is 10. The summed E-state index contributed by atoms with van der Waals surface area (Å²) in [6, 6.07) is 0. The van der Waals surface area contributed by atoms with Crippen molar-refractivity contribution in [1.82, 2.24) is 0 Å². The van der Waals surface area contributed by atoms with E-state index in [1.54, 1.807) is 0 Å². The number of hydrogen-bond donors (Lipinski definition) is 0. The van der Waals surface area contributed by atoms with E-state index >= 15 is 0 Å². The van der Waals surface area contributed by atoms with Crippen molar-refractivity contribution < 1.29 is 9.47 Å². The molecule has 0 aliphatic carbocycles. The molecule has 0 fully saturated rings. The van der Waals surface area contributed by atoms with Crippen molar-refractivity contribution in [2.75, 3.05) is 13.2 Å². The van der Waals surface area contributed by atoms with Gasteiger partial charge >= 0.3 is 0 Å². The zero-order valence-corrected chi connectivity index (χ0v) is 10.6. The van der Waals surface area contributed by atoms with Gasteiger partial charge in [0, 0.05) is 6.61 Å². The molecule has 2 heteroatoms. The third-order valence-electron chi connectivity index (χ3n) is 2.44. The molecule has 0 rings (SSSR count). The van der Waals surface area contributed by atoms with Crippen LogP contribution in [0.2, 0.25) is 0 Å². The molecular formula is C13H27O2. The molecular weight excluding hydrogens is 188 g/mol. The van der Waals surface area contributed by atoms with Crippen molar-refractivity contribution in [3.8, 4) is 0 Å². The van der Waals surface area contributed by atoms with Crippen LogP contribution in [-0.4, -0.2) is 25.4 Å². The van der Waals surface area contributed by atoms with Crippen LogP contribution in [0, 0.1) is 6.92 Å². The highest BCUT2D eigenvalue weighted by molar-refractivity contribution is 4.61. The Bertz CT molecular complexity index is 126. The fourth-order valence-corrected chi connectivity index (χ4v) is 1.33. The van der Waals surface area contributed by atoms with Crippen LogP contribution in [0.4, 0.5) is 0 Å². The molecule has 0 aliphatic heterocycles. The Labute approximate surface area is 95.3 Å². The van der Waals surface area contributed by atoms with Gasteiger partial charge in [-0.25, -0.2) is 0 Å². The van der Waals surface area contributed by atoms with Crippen LogP contribution in [0.5, 0.6) is 0 Å². The van der Waals surface area contributed by atoms with E-state index in [-0.39, 0.29) is 12.2 Å². The molecule has 0 heterocycles. The zero-order chi connectivity index (χ0) is 11.5. The van der Waals surface area contributed by atoms with E-state index in [2.05, 4.69) is 27.7 Å². The summed E-state index contributed by atoms with van der Waals surface area (Å²) < 4.78 is 11.3. The molecule has 0 amide bonds. The number of unbranched alkanes of at least 4 members (excludes halogenated alkanes) is 1. The summed E-state index contributed by atoms with van der Waals surface area (Å²) in [5.41, 5.74) is 0. The van der Waals surface area contributed by atoms with Gasteiger partial charge in [-0.1, -0.05) is 33.6 Å². The van der Waals surface area contributed by atoms with Gasteiger partial charge in [-0.3, -0.25) is 0 Å². The first-order chi connectivity index (χ1) is 7.24. The van der Waals surface area contributed by atoms with Crippen molar-refractivity contribution in [2.24, 2.45) is 0 Å². The van der Waals surface area contributed by atoms with Crippen LogP contribution in [-0.2, 0) is 9.47 Å². The largest absolute Gasteiger partial charge is 0.376 e. The molecule has 2 unspecified atom stereocenters. The zero-order valence-electron chi connectivity index (χ0n) is 10.6. The minimum Gasteiger partial charge on any atom is -0.376 e. The predicted molar refractivity (Wildman–Crippen MR) is 64.9 cm³/mol. The first-order valence-electron chi connectivity index (χ1n) is 6.30. The Kier molecular flexibility index (Phi) is 10.4. The molecule has 0 N–H and O–H groups in total. The Morgan fingerprint density at radius 3 is 2.33 bits per heavy atom. The van der Waals surface area contributed by atoms with Gasteiger partial charge in [-0.2, -0.15) is 0 Å². The normalized spacial score (nSPS) is 15.2. The maximum absolute atomic E-state index is 5.71. The lowest BCUT2D eigenvalue weighted by molar-refractivity contribution is -0.0368. The molecule has 0 saturated carbocycles. The summed E-state index contributed by atoms with van der Waals surface area (Å²) >= 11 is 0. The van der Waals surface area contributed by atoms with E-state index in [0.717, 1.165) is 32.3 Å². The molecule has 0 aromatic carbocycles. The molecule has 15 heavy (non-hydrogen) atoms. The molecule has 0 aliphatic rings. The average Bonchev–Trinajstić information content (AvgIpc) is 2.23. The highest BCUT2D eigenvalue weighted by Crippen LogP contribution is 2.06. The van der Waals surface area contributed by atoms with Gasteiger partial charge in [0.25, 0.3) is 0 Å². The van der Waals surface area contributed by atoms with Gasteiger partial charge in [-0.15, -0.1) is 0 Å². The van der Waals surface area contributed by atoms with E-state index in [9.17, 15) is 0 Å². The summed E-state index contributed by atoms with van der Waals surface area (Å²) in [7, 11) is 0. The van der Waals surface area contributed by atoms with Crippen molar-refractivity contribution in [1.29, 1.82) is 0 Å². The van der Waals surface area contributed by atoms with Crippen molar-refractivity contribution in [3.05, 3.63) is 6.92 Å². The minimum atomic E-state index is 0.124. The minimum absolute atomic E-state index is 0.124. The SMILES string of the molecule is [CH2]C(CCC)OCC(CC)OCCCC. The van der Waals surface area contributed by atoms with E-state index in [0.29, 0.717) is 6.61 Å². The second-order valence-corrected chi connectivity index (χ2v) is 4.00. The van der Waals surface area contributed by atoms with Gasteiger partial charge in [0.2, 0.25) is 0 Å². The summed E-state index contributed by atoms with van der Waals surface area (Å²) in [5, 5.41) is 0. The van der Waals surface area contributed by atoms with Gasteiger partial charge in [0.05, 0.1) is 18.8 Å². The van der Waals surface area contributed by atoms with Gasteiger partial charge in [0.15, 0.2) is 0 Å². The maximum atomic E-state index is 5.71. The number of ether oxygens (including phenoxy) is 2. The Balaban J connectivity index is 3.51. The summed E-state index contributed by atoms with van der Waals surface area (Å²) in [4.78, 5) is 0. The maximum Gasteiger partial charge on any atom is 0.0806 e. The second kappa shape index (κ2) is 10.4. The molecule has 1 radical (unpaired) electrons. The molecule has 0 aromatic rings. The highest BCUT2D eigenvalue weighted by Gasteiger charge is 2.09. The van der Waals surface area contributed by atoms with Crippen molar-refractivity contribution >= 4 is 0 Å². The lowest BCUT2D eigenvalue weighted by Gasteiger charge is -2.19.